The van der Waals surface area contributed by atoms with Crippen molar-refractivity contribution >= 4 is 6.09 Å². The van der Waals surface area contributed by atoms with Crippen molar-refractivity contribution in [1.29, 1.82) is 0 Å². The summed E-state index contributed by atoms with van der Waals surface area (Å²) in [5.74, 6) is -0.208. The van der Waals surface area contributed by atoms with E-state index in [-0.39, 0.29) is 11.9 Å². The molecule has 0 fully saturated rings. The van der Waals surface area contributed by atoms with Crippen LogP contribution in [0.4, 0.5) is 9.18 Å². The van der Waals surface area contributed by atoms with Crippen molar-refractivity contribution in [2.45, 2.75) is 39.2 Å². The molecule has 5 heteroatoms. The van der Waals surface area contributed by atoms with Gasteiger partial charge in [0, 0.05) is 6.54 Å². The number of rotatable bonds is 7. The van der Waals surface area contributed by atoms with Gasteiger partial charge in [-0.2, -0.15) is 0 Å². The first-order chi connectivity index (χ1) is 9.87. The Hall–Kier alpha value is -1.62. The first-order valence-corrected chi connectivity index (χ1v) is 7.29. The standard InChI is InChI=1S/C16H25FN2O2/c1-16(2,3)21-15(20)19-11-4-10-18-12-9-13-5-7-14(17)8-6-13/h5-8,18H,4,9-12H2,1-3H3,(H,19,20). The Kier molecular flexibility index (Phi) is 7.15. The van der Waals surface area contributed by atoms with Crippen LogP contribution in [0.15, 0.2) is 24.3 Å². The second-order valence-corrected chi connectivity index (χ2v) is 5.91. The number of benzene rings is 1. The molecule has 4 nitrogen and oxygen atoms in total. The van der Waals surface area contributed by atoms with E-state index in [1.165, 1.54) is 12.1 Å². The third kappa shape index (κ3) is 9.02. The van der Waals surface area contributed by atoms with Crippen molar-refractivity contribution in [2.24, 2.45) is 0 Å². The predicted octanol–water partition coefficient (Wildman–Crippen LogP) is 2.87. The number of amides is 1. The summed E-state index contributed by atoms with van der Waals surface area (Å²) in [5, 5.41) is 6.00. The Morgan fingerprint density at radius 2 is 1.81 bits per heavy atom. The minimum absolute atomic E-state index is 0.208. The van der Waals surface area contributed by atoms with Crippen LogP contribution in [0.3, 0.4) is 0 Å². The van der Waals surface area contributed by atoms with E-state index in [2.05, 4.69) is 10.6 Å². The molecule has 118 valence electrons. The molecular weight excluding hydrogens is 271 g/mol. The van der Waals surface area contributed by atoms with E-state index in [0.29, 0.717) is 6.54 Å². The van der Waals surface area contributed by atoms with Crippen LogP contribution >= 0.6 is 0 Å². The zero-order chi connectivity index (χ0) is 15.7. The van der Waals surface area contributed by atoms with E-state index in [1.807, 2.05) is 20.8 Å². The second-order valence-electron chi connectivity index (χ2n) is 5.91. The number of carbonyl (C=O) groups is 1. The largest absolute Gasteiger partial charge is 0.444 e. The molecular formula is C16H25FN2O2. The normalized spacial score (nSPS) is 11.2. The summed E-state index contributed by atoms with van der Waals surface area (Å²) in [6.45, 7) is 7.74. The fourth-order valence-corrected chi connectivity index (χ4v) is 1.73. The third-order valence-electron chi connectivity index (χ3n) is 2.70. The van der Waals surface area contributed by atoms with Crippen molar-refractivity contribution in [3.05, 3.63) is 35.6 Å². The van der Waals surface area contributed by atoms with Crippen LogP contribution in [0.5, 0.6) is 0 Å². The summed E-state index contributed by atoms with van der Waals surface area (Å²) < 4.78 is 17.9. The van der Waals surface area contributed by atoms with Crippen molar-refractivity contribution in [3.8, 4) is 0 Å². The molecule has 0 radical (unpaired) electrons. The highest BCUT2D eigenvalue weighted by Gasteiger charge is 2.15. The van der Waals surface area contributed by atoms with Crippen LogP contribution in [0, 0.1) is 5.82 Å². The van der Waals surface area contributed by atoms with Gasteiger partial charge in [0.25, 0.3) is 0 Å². The highest BCUT2D eigenvalue weighted by atomic mass is 19.1. The van der Waals surface area contributed by atoms with Crippen LogP contribution in [0.1, 0.15) is 32.8 Å². The molecule has 21 heavy (non-hydrogen) atoms. The maximum Gasteiger partial charge on any atom is 0.407 e. The van der Waals surface area contributed by atoms with Crippen LogP contribution in [0.2, 0.25) is 0 Å². The highest BCUT2D eigenvalue weighted by molar-refractivity contribution is 5.67. The minimum Gasteiger partial charge on any atom is -0.444 e. The Morgan fingerprint density at radius 3 is 2.43 bits per heavy atom. The average Bonchev–Trinajstić information content (AvgIpc) is 2.37. The van der Waals surface area contributed by atoms with Gasteiger partial charge in [-0.15, -0.1) is 0 Å². The predicted molar refractivity (Wildman–Crippen MR) is 81.8 cm³/mol. The molecule has 1 amide bonds. The Morgan fingerprint density at radius 1 is 1.14 bits per heavy atom. The Bertz CT molecular complexity index is 427. The Labute approximate surface area is 126 Å². The summed E-state index contributed by atoms with van der Waals surface area (Å²) in [7, 11) is 0. The zero-order valence-electron chi connectivity index (χ0n) is 13.0. The molecule has 1 rings (SSSR count). The van der Waals surface area contributed by atoms with E-state index in [1.54, 1.807) is 12.1 Å². The van der Waals surface area contributed by atoms with E-state index in [0.717, 1.165) is 31.5 Å². The van der Waals surface area contributed by atoms with Gasteiger partial charge in [0.15, 0.2) is 0 Å². The van der Waals surface area contributed by atoms with Gasteiger partial charge in [0.05, 0.1) is 0 Å². The average molecular weight is 296 g/mol. The highest BCUT2D eigenvalue weighted by Crippen LogP contribution is 2.06. The number of hydrogen-bond acceptors (Lipinski definition) is 3. The number of alkyl carbamates (subject to hydrolysis) is 1. The number of hydrogen-bond donors (Lipinski definition) is 2. The molecule has 2 N–H and O–H groups in total. The monoisotopic (exact) mass is 296 g/mol. The summed E-state index contributed by atoms with van der Waals surface area (Å²) in [5.41, 5.74) is 0.646. The molecule has 1 aromatic carbocycles. The van der Waals surface area contributed by atoms with Gasteiger partial charge < -0.3 is 15.4 Å². The van der Waals surface area contributed by atoms with Gasteiger partial charge in [0.2, 0.25) is 0 Å². The molecule has 0 aliphatic heterocycles. The van der Waals surface area contributed by atoms with Crippen molar-refractivity contribution in [2.75, 3.05) is 19.6 Å². The van der Waals surface area contributed by atoms with E-state index in [4.69, 9.17) is 4.74 Å². The van der Waals surface area contributed by atoms with Gasteiger partial charge in [0.1, 0.15) is 11.4 Å². The molecule has 0 aliphatic carbocycles. The number of nitrogens with one attached hydrogen (secondary N) is 2. The first-order valence-electron chi connectivity index (χ1n) is 7.29. The maximum absolute atomic E-state index is 12.7. The first kappa shape index (κ1) is 17.4. The summed E-state index contributed by atoms with van der Waals surface area (Å²) in [4.78, 5) is 11.4. The number of carbonyl (C=O) groups excluding carboxylic acids is 1. The van der Waals surface area contributed by atoms with Gasteiger partial charge in [-0.05, 0) is 64.4 Å². The molecule has 1 aromatic rings. The lowest BCUT2D eigenvalue weighted by Gasteiger charge is -2.19. The summed E-state index contributed by atoms with van der Waals surface area (Å²) >= 11 is 0. The molecule has 0 aromatic heterocycles. The Balaban J connectivity index is 2.00. The van der Waals surface area contributed by atoms with Gasteiger partial charge in [-0.25, -0.2) is 9.18 Å². The number of ether oxygens (including phenoxy) is 1. The minimum atomic E-state index is -0.461. The van der Waals surface area contributed by atoms with Crippen molar-refractivity contribution < 1.29 is 13.9 Å². The van der Waals surface area contributed by atoms with Gasteiger partial charge >= 0.3 is 6.09 Å². The molecule has 0 spiro atoms. The lowest BCUT2D eigenvalue weighted by Crippen LogP contribution is -2.34. The molecule has 0 atom stereocenters. The van der Waals surface area contributed by atoms with E-state index < -0.39 is 5.60 Å². The molecule has 0 aliphatic rings. The fraction of sp³-hybridized carbons (Fsp3) is 0.562. The van der Waals surface area contributed by atoms with Gasteiger partial charge in [-0.3, -0.25) is 0 Å². The second kappa shape index (κ2) is 8.62. The van der Waals surface area contributed by atoms with Crippen molar-refractivity contribution in [3.63, 3.8) is 0 Å². The van der Waals surface area contributed by atoms with E-state index in [9.17, 15) is 9.18 Å². The smallest absolute Gasteiger partial charge is 0.407 e. The lowest BCUT2D eigenvalue weighted by atomic mass is 10.1. The van der Waals surface area contributed by atoms with Crippen LogP contribution in [0.25, 0.3) is 0 Å². The lowest BCUT2D eigenvalue weighted by molar-refractivity contribution is 0.0527. The molecule has 0 unspecified atom stereocenters. The quantitative estimate of drug-likeness (QED) is 0.761. The zero-order valence-corrected chi connectivity index (χ0v) is 13.0. The third-order valence-corrected chi connectivity index (χ3v) is 2.70. The maximum atomic E-state index is 12.7. The summed E-state index contributed by atoms with van der Waals surface area (Å²) in [6, 6.07) is 6.53. The topological polar surface area (TPSA) is 50.4 Å². The van der Waals surface area contributed by atoms with Gasteiger partial charge in [-0.1, -0.05) is 12.1 Å². The van der Waals surface area contributed by atoms with Crippen LogP contribution in [-0.4, -0.2) is 31.3 Å². The molecule has 0 bridgehead atoms. The fourth-order valence-electron chi connectivity index (χ4n) is 1.73. The van der Waals surface area contributed by atoms with Crippen LogP contribution < -0.4 is 10.6 Å². The summed E-state index contributed by atoms with van der Waals surface area (Å²) in [6.07, 6.45) is 1.32. The van der Waals surface area contributed by atoms with E-state index >= 15 is 0 Å². The SMILES string of the molecule is CC(C)(C)OC(=O)NCCCNCCc1ccc(F)cc1. The number of halogens is 1. The molecule has 0 saturated heterocycles. The molecule has 0 saturated carbocycles. The molecule has 0 heterocycles. The van der Waals surface area contributed by atoms with Crippen molar-refractivity contribution in [1.82, 2.24) is 10.6 Å². The van der Waals surface area contributed by atoms with Crippen LogP contribution in [-0.2, 0) is 11.2 Å².